The third-order valence-electron chi connectivity index (χ3n) is 10.8. The van der Waals surface area contributed by atoms with Crippen molar-refractivity contribution in [2.45, 2.75) is 90.1 Å². The quantitative estimate of drug-likeness (QED) is 0.152. The van der Waals surface area contributed by atoms with Crippen LogP contribution in [0.4, 0.5) is 0 Å². The van der Waals surface area contributed by atoms with E-state index in [0.29, 0.717) is 35.2 Å². The lowest BCUT2D eigenvalue weighted by molar-refractivity contribution is -0.203. The van der Waals surface area contributed by atoms with Crippen LogP contribution >= 0.6 is 55.1 Å². The number of esters is 1. The number of carbonyl (C=O) groups excluding carboxylic acids is 2. The van der Waals surface area contributed by atoms with Crippen molar-refractivity contribution in [1.82, 2.24) is 5.32 Å². The molecule has 3 aliphatic carbocycles. The zero-order chi connectivity index (χ0) is 35.5. The number of amides is 1. The van der Waals surface area contributed by atoms with Crippen molar-refractivity contribution in [3.63, 3.8) is 0 Å². The van der Waals surface area contributed by atoms with E-state index in [2.05, 4.69) is 64.9 Å². The Kier molecular flexibility index (Phi) is 13.5. The Morgan fingerprint density at radius 1 is 0.957 bits per heavy atom. The van der Waals surface area contributed by atoms with Crippen LogP contribution in [0.25, 0.3) is 0 Å². The van der Waals surface area contributed by atoms with E-state index in [9.17, 15) is 19.8 Å². The van der Waals surface area contributed by atoms with E-state index in [-0.39, 0.29) is 54.8 Å². The monoisotopic (exact) mass is 818 g/mol. The molecule has 2 bridgehead atoms. The zero-order valence-electron chi connectivity index (χ0n) is 28.4. The van der Waals surface area contributed by atoms with Crippen LogP contribution in [-0.4, -0.2) is 48.0 Å². The molecule has 2 aromatic carbocycles. The number of aliphatic hydroxyl groups is 2. The SMILES string of the molecule is CC(C)C(CO)[C@@](C)(N)c1ccc(Br)c(Cl)c1.CC[C@H](C)C(CO)[C@@](C)(CC(=O)NC12CC(C(=O)OC)(C1)C2)c1ccc(Br)c(Cl)c1. The molecule has 11 heteroatoms. The lowest BCUT2D eigenvalue weighted by atomic mass is 9.39. The highest BCUT2D eigenvalue weighted by Gasteiger charge is 2.73. The van der Waals surface area contributed by atoms with Crippen molar-refractivity contribution in [2.75, 3.05) is 20.3 Å². The molecule has 0 heterocycles. The molecular weight excluding hydrogens is 771 g/mol. The second-order valence-corrected chi connectivity index (χ2v) is 17.0. The van der Waals surface area contributed by atoms with Gasteiger partial charge in [-0.25, -0.2) is 0 Å². The van der Waals surface area contributed by atoms with Gasteiger partial charge >= 0.3 is 5.97 Å². The smallest absolute Gasteiger partial charge is 0.312 e. The Balaban J connectivity index is 0.000000300. The maximum Gasteiger partial charge on any atom is 0.312 e. The first-order chi connectivity index (χ1) is 21.8. The lowest BCUT2D eigenvalue weighted by Gasteiger charge is -2.68. The number of hydrogen-bond donors (Lipinski definition) is 4. The Hall–Kier alpha value is -1.20. The van der Waals surface area contributed by atoms with Crippen LogP contribution < -0.4 is 11.1 Å². The van der Waals surface area contributed by atoms with Gasteiger partial charge in [-0.05, 0) is 111 Å². The van der Waals surface area contributed by atoms with Gasteiger partial charge in [0.2, 0.25) is 5.91 Å². The van der Waals surface area contributed by atoms with Crippen LogP contribution in [0.1, 0.15) is 84.8 Å². The minimum absolute atomic E-state index is 0.000239. The van der Waals surface area contributed by atoms with Crippen LogP contribution in [0.2, 0.25) is 10.0 Å². The second kappa shape index (κ2) is 15.8. The number of methoxy groups -OCH3 is 1. The van der Waals surface area contributed by atoms with E-state index in [1.165, 1.54) is 7.11 Å². The van der Waals surface area contributed by atoms with Crippen molar-refractivity contribution in [3.8, 4) is 0 Å². The molecule has 3 saturated carbocycles. The molecule has 5 atom stereocenters. The maximum absolute atomic E-state index is 13.1. The Morgan fingerprint density at radius 3 is 1.87 bits per heavy atom. The predicted molar refractivity (Wildman–Crippen MR) is 196 cm³/mol. The summed E-state index contributed by atoms with van der Waals surface area (Å²) in [4.78, 5) is 25.1. The van der Waals surface area contributed by atoms with Gasteiger partial charge < -0.3 is 26.0 Å². The first kappa shape index (κ1) is 40.2. The van der Waals surface area contributed by atoms with Crippen LogP contribution in [0.3, 0.4) is 0 Å². The van der Waals surface area contributed by atoms with E-state index in [1.54, 1.807) is 0 Å². The Bertz CT molecular complexity index is 1420. The summed E-state index contributed by atoms with van der Waals surface area (Å²) in [6.07, 6.45) is 3.09. The van der Waals surface area contributed by atoms with Crippen molar-refractivity contribution in [3.05, 3.63) is 66.5 Å². The number of benzene rings is 2. The second-order valence-electron chi connectivity index (χ2n) is 14.5. The van der Waals surface area contributed by atoms with Gasteiger partial charge in [0.25, 0.3) is 0 Å². The van der Waals surface area contributed by atoms with Crippen molar-refractivity contribution in [2.24, 2.45) is 34.8 Å². The fraction of sp³-hybridized carbons (Fsp3) is 0.611. The third-order valence-corrected chi connectivity index (χ3v) is 13.3. The molecule has 7 nitrogen and oxygen atoms in total. The zero-order valence-corrected chi connectivity index (χ0v) is 33.1. The summed E-state index contributed by atoms with van der Waals surface area (Å²) in [5, 5.41) is 24.2. The van der Waals surface area contributed by atoms with E-state index >= 15 is 0 Å². The highest BCUT2D eigenvalue weighted by Crippen LogP contribution is 2.67. The lowest BCUT2D eigenvalue weighted by Crippen LogP contribution is -2.77. The van der Waals surface area contributed by atoms with E-state index < -0.39 is 16.4 Å². The first-order valence-electron chi connectivity index (χ1n) is 16.2. The largest absolute Gasteiger partial charge is 0.469 e. The van der Waals surface area contributed by atoms with Crippen LogP contribution in [-0.2, 0) is 25.3 Å². The minimum atomic E-state index is -0.590. The van der Waals surface area contributed by atoms with Crippen molar-refractivity contribution >= 4 is 66.9 Å². The fourth-order valence-electron chi connectivity index (χ4n) is 7.76. The topological polar surface area (TPSA) is 122 Å². The average molecular weight is 822 g/mol. The molecule has 47 heavy (non-hydrogen) atoms. The molecular formula is C36H50Br2Cl2N2O5. The number of nitrogens with one attached hydrogen (secondary N) is 1. The molecule has 0 aromatic heterocycles. The molecule has 3 aliphatic rings. The number of halogens is 4. The van der Waals surface area contributed by atoms with Crippen LogP contribution in [0.5, 0.6) is 0 Å². The minimum Gasteiger partial charge on any atom is -0.469 e. The molecule has 0 spiro atoms. The summed E-state index contributed by atoms with van der Waals surface area (Å²) >= 11 is 19.2. The number of nitrogens with two attached hydrogens (primary N) is 1. The van der Waals surface area contributed by atoms with Gasteiger partial charge in [0.05, 0.1) is 22.6 Å². The number of aliphatic hydroxyl groups excluding tert-OH is 2. The molecule has 1 amide bonds. The first-order valence-corrected chi connectivity index (χ1v) is 18.5. The summed E-state index contributed by atoms with van der Waals surface area (Å²) in [5.74, 6) is 0.200. The molecule has 3 fully saturated rings. The summed E-state index contributed by atoms with van der Waals surface area (Å²) in [6.45, 7) is 12.4. The predicted octanol–water partition coefficient (Wildman–Crippen LogP) is 8.16. The van der Waals surface area contributed by atoms with Gasteiger partial charge in [0.1, 0.15) is 0 Å². The average Bonchev–Trinajstić information content (AvgIpc) is 2.96. The molecule has 5 rings (SSSR count). The number of carbonyl (C=O) groups is 2. The van der Waals surface area contributed by atoms with Gasteiger partial charge in [-0.1, -0.05) is 76.4 Å². The van der Waals surface area contributed by atoms with E-state index in [1.807, 2.05) is 50.2 Å². The van der Waals surface area contributed by atoms with Gasteiger partial charge in [0.15, 0.2) is 0 Å². The fourth-order valence-corrected chi connectivity index (χ4v) is 8.61. The van der Waals surface area contributed by atoms with Gasteiger partial charge in [-0.2, -0.15) is 0 Å². The maximum atomic E-state index is 13.1. The molecule has 0 aliphatic heterocycles. The van der Waals surface area contributed by atoms with Gasteiger partial charge in [-0.15, -0.1) is 0 Å². The molecule has 262 valence electrons. The molecule has 5 N–H and O–H groups in total. The van der Waals surface area contributed by atoms with Gasteiger partial charge in [0, 0.05) is 51.0 Å². The molecule has 0 saturated heterocycles. The number of ether oxygens (including phenoxy) is 1. The van der Waals surface area contributed by atoms with E-state index in [0.717, 1.165) is 26.5 Å². The van der Waals surface area contributed by atoms with Crippen molar-refractivity contribution < 1.29 is 24.5 Å². The number of hydrogen-bond acceptors (Lipinski definition) is 6. The number of rotatable bonds is 13. The van der Waals surface area contributed by atoms with Crippen molar-refractivity contribution in [1.29, 1.82) is 0 Å². The summed E-state index contributed by atoms with van der Waals surface area (Å²) in [5.41, 5.74) is 6.41. The Labute approximate surface area is 306 Å². The normalized spacial score (nSPS) is 24.2. The van der Waals surface area contributed by atoms with Crippen LogP contribution in [0, 0.1) is 29.1 Å². The van der Waals surface area contributed by atoms with Crippen LogP contribution in [0.15, 0.2) is 45.3 Å². The Morgan fingerprint density at radius 2 is 1.45 bits per heavy atom. The molecule has 2 aromatic rings. The molecule has 2 unspecified atom stereocenters. The van der Waals surface area contributed by atoms with E-state index in [4.69, 9.17) is 33.7 Å². The summed E-state index contributed by atoms with van der Waals surface area (Å²) < 4.78 is 6.54. The highest BCUT2D eigenvalue weighted by atomic mass is 79.9. The highest BCUT2D eigenvalue weighted by molar-refractivity contribution is 9.10. The summed E-state index contributed by atoms with van der Waals surface area (Å²) in [6, 6.07) is 11.4. The molecule has 0 radical (unpaired) electrons. The van der Waals surface area contributed by atoms with Gasteiger partial charge in [-0.3, -0.25) is 9.59 Å². The third kappa shape index (κ3) is 8.41. The standard InChI is InChI=1S/C23H31BrClNO4.C13H19BrClNO/c1-5-14(2)16(10-27)21(3,15-6-7-17(24)18(25)8-15)9-19(28)26-23-11-22(12-23,13-23)20(29)30-4;1-8(2)10(7-17)13(3,16)9-4-5-11(14)12(15)6-9/h6-8,14,16,27H,5,9-13H2,1-4H3,(H,26,28);4-6,8,10,17H,7,16H2,1-3H3/t14-,16?,21-,22?,23?;10?,13-/m00/s1. The summed E-state index contributed by atoms with van der Waals surface area (Å²) in [7, 11) is 1.41.